The molecule has 3 rings (SSSR count). The first-order valence-electron chi connectivity index (χ1n) is 11.9. The summed E-state index contributed by atoms with van der Waals surface area (Å²) in [5, 5.41) is 6.23. The number of rotatable bonds is 9. The third kappa shape index (κ3) is 7.04. The average molecular weight is 429 g/mol. The smallest absolute Gasteiger partial charge is 0.228 e. The largest absolute Gasteiger partial charge is 0.356 e. The van der Waals surface area contributed by atoms with Crippen molar-refractivity contribution in [3.05, 3.63) is 29.3 Å². The van der Waals surface area contributed by atoms with Crippen LogP contribution in [0.3, 0.4) is 0 Å². The zero-order chi connectivity index (χ0) is 22.4. The van der Waals surface area contributed by atoms with Crippen LogP contribution in [-0.4, -0.2) is 68.4 Å². The summed E-state index contributed by atoms with van der Waals surface area (Å²) in [6.45, 7) is 8.38. The highest BCUT2D eigenvalue weighted by molar-refractivity contribution is 5.93. The molecular formula is C25H40N4O2. The molecule has 2 amide bonds. The van der Waals surface area contributed by atoms with E-state index in [1.165, 1.54) is 17.5 Å². The summed E-state index contributed by atoms with van der Waals surface area (Å²) in [6, 6.07) is 6.30. The van der Waals surface area contributed by atoms with Gasteiger partial charge in [0.25, 0.3) is 0 Å². The van der Waals surface area contributed by atoms with Crippen LogP contribution in [0.25, 0.3) is 0 Å². The van der Waals surface area contributed by atoms with Crippen LogP contribution in [-0.2, 0) is 22.4 Å². The molecule has 1 aliphatic heterocycles. The van der Waals surface area contributed by atoms with E-state index in [0.29, 0.717) is 18.9 Å². The fourth-order valence-corrected chi connectivity index (χ4v) is 4.88. The third-order valence-corrected chi connectivity index (χ3v) is 6.34. The van der Waals surface area contributed by atoms with E-state index in [-0.39, 0.29) is 23.7 Å². The van der Waals surface area contributed by atoms with Gasteiger partial charge >= 0.3 is 0 Å². The van der Waals surface area contributed by atoms with Crippen LogP contribution in [0.1, 0.15) is 44.2 Å². The number of piperidine rings is 1. The van der Waals surface area contributed by atoms with E-state index >= 15 is 0 Å². The van der Waals surface area contributed by atoms with Crippen molar-refractivity contribution in [3.8, 4) is 0 Å². The van der Waals surface area contributed by atoms with Gasteiger partial charge in [0.15, 0.2) is 0 Å². The van der Waals surface area contributed by atoms with Crippen LogP contribution >= 0.6 is 0 Å². The minimum Gasteiger partial charge on any atom is -0.356 e. The van der Waals surface area contributed by atoms with Crippen molar-refractivity contribution in [1.82, 2.24) is 15.1 Å². The number of aryl methyl sites for hydroxylation is 2. The molecule has 1 aromatic carbocycles. The Labute approximate surface area is 187 Å². The number of nitrogens with zero attached hydrogens (tertiary/aromatic N) is 2. The van der Waals surface area contributed by atoms with Crippen molar-refractivity contribution < 1.29 is 9.59 Å². The van der Waals surface area contributed by atoms with Crippen LogP contribution in [0, 0.1) is 17.8 Å². The minimum absolute atomic E-state index is 0.0387. The Morgan fingerprint density at radius 2 is 1.81 bits per heavy atom. The summed E-state index contributed by atoms with van der Waals surface area (Å²) in [5.74, 6) is 0.322. The number of amides is 2. The first-order chi connectivity index (χ1) is 14.8. The lowest BCUT2D eigenvalue weighted by Gasteiger charge is -2.37. The standard InChI is InChI=1S/C25H40N4O2/c1-18(2)15-29-16-21(24(30)26-11-6-12-28(3)4)13-22(17-29)25(31)27-23-10-9-19-7-5-8-20(19)14-23/h9-10,14,18,21-22H,5-8,11-13,15-17H2,1-4H3,(H,26,30)(H,27,31)/t21-,22+/m0/s1. The maximum absolute atomic E-state index is 13.1. The number of nitrogens with one attached hydrogen (secondary N) is 2. The minimum atomic E-state index is -0.168. The van der Waals surface area contributed by atoms with Gasteiger partial charge in [-0.05, 0) is 81.9 Å². The topological polar surface area (TPSA) is 64.7 Å². The zero-order valence-corrected chi connectivity index (χ0v) is 19.7. The second-order valence-corrected chi connectivity index (χ2v) is 10.0. The third-order valence-electron chi connectivity index (χ3n) is 6.34. The van der Waals surface area contributed by atoms with Gasteiger partial charge in [-0.1, -0.05) is 19.9 Å². The number of carbonyl (C=O) groups is 2. The maximum Gasteiger partial charge on any atom is 0.228 e. The van der Waals surface area contributed by atoms with Gasteiger partial charge in [-0.3, -0.25) is 9.59 Å². The number of carbonyl (C=O) groups excluding carboxylic acids is 2. The van der Waals surface area contributed by atoms with Gasteiger partial charge in [-0.2, -0.15) is 0 Å². The van der Waals surface area contributed by atoms with E-state index in [2.05, 4.69) is 46.4 Å². The lowest BCUT2D eigenvalue weighted by molar-refractivity contribution is -0.130. The second-order valence-electron chi connectivity index (χ2n) is 10.0. The molecule has 6 heteroatoms. The zero-order valence-electron chi connectivity index (χ0n) is 19.7. The van der Waals surface area contributed by atoms with E-state index in [0.717, 1.165) is 51.1 Å². The predicted molar refractivity (Wildman–Crippen MR) is 126 cm³/mol. The van der Waals surface area contributed by atoms with Crippen LogP contribution in [0.4, 0.5) is 5.69 Å². The van der Waals surface area contributed by atoms with Crippen LogP contribution in [0.2, 0.25) is 0 Å². The Balaban J connectivity index is 1.60. The van der Waals surface area contributed by atoms with E-state index < -0.39 is 0 Å². The maximum atomic E-state index is 13.1. The molecule has 1 saturated heterocycles. The summed E-state index contributed by atoms with van der Waals surface area (Å²) < 4.78 is 0. The summed E-state index contributed by atoms with van der Waals surface area (Å²) >= 11 is 0. The molecule has 1 aliphatic carbocycles. The molecule has 0 aromatic heterocycles. The molecular weight excluding hydrogens is 388 g/mol. The van der Waals surface area contributed by atoms with E-state index in [4.69, 9.17) is 0 Å². The predicted octanol–water partition coefficient (Wildman–Crippen LogP) is 2.78. The molecule has 2 atom stereocenters. The number of hydrogen-bond donors (Lipinski definition) is 2. The molecule has 31 heavy (non-hydrogen) atoms. The normalized spacial score (nSPS) is 21.4. The van der Waals surface area contributed by atoms with E-state index in [1.54, 1.807) is 0 Å². The van der Waals surface area contributed by atoms with Gasteiger partial charge in [-0.15, -0.1) is 0 Å². The summed E-state index contributed by atoms with van der Waals surface area (Å²) in [7, 11) is 4.08. The second kappa shape index (κ2) is 11.1. The Bertz CT molecular complexity index is 762. The van der Waals surface area contributed by atoms with Gasteiger partial charge in [0.2, 0.25) is 11.8 Å². The summed E-state index contributed by atoms with van der Waals surface area (Å²) in [4.78, 5) is 30.4. The fraction of sp³-hybridized carbons (Fsp3) is 0.680. The first-order valence-corrected chi connectivity index (χ1v) is 11.9. The van der Waals surface area contributed by atoms with Gasteiger partial charge in [0.1, 0.15) is 0 Å². The van der Waals surface area contributed by atoms with Crippen molar-refractivity contribution in [2.45, 2.75) is 46.0 Å². The molecule has 0 unspecified atom stereocenters. The van der Waals surface area contributed by atoms with Crippen LogP contribution in [0.15, 0.2) is 18.2 Å². The van der Waals surface area contributed by atoms with Crippen molar-refractivity contribution in [3.63, 3.8) is 0 Å². The van der Waals surface area contributed by atoms with Gasteiger partial charge < -0.3 is 20.4 Å². The number of hydrogen-bond acceptors (Lipinski definition) is 4. The van der Waals surface area contributed by atoms with Crippen molar-refractivity contribution in [2.75, 3.05) is 52.1 Å². The molecule has 1 fully saturated rings. The molecule has 0 spiro atoms. The van der Waals surface area contributed by atoms with Gasteiger partial charge in [-0.25, -0.2) is 0 Å². The first kappa shape index (κ1) is 23.7. The quantitative estimate of drug-likeness (QED) is 0.594. The highest BCUT2D eigenvalue weighted by atomic mass is 16.2. The van der Waals surface area contributed by atoms with Crippen molar-refractivity contribution in [2.24, 2.45) is 17.8 Å². The van der Waals surface area contributed by atoms with E-state index in [1.807, 2.05) is 20.2 Å². The van der Waals surface area contributed by atoms with Crippen LogP contribution < -0.4 is 10.6 Å². The molecule has 172 valence electrons. The molecule has 0 saturated carbocycles. The van der Waals surface area contributed by atoms with Crippen LogP contribution in [0.5, 0.6) is 0 Å². The average Bonchev–Trinajstić information content (AvgIpc) is 3.18. The fourth-order valence-electron chi connectivity index (χ4n) is 4.88. The number of anilines is 1. The molecule has 2 aliphatic rings. The highest BCUT2D eigenvalue weighted by Crippen LogP contribution is 2.27. The van der Waals surface area contributed by atoms with Gasteiger partial charge in [0.05, 0.1) is 11.8 Å². The lowest BCUT2D eigenvalue weighted by Crippen LogP contribution is -2.50. The Morgan fingerprint density at radius 1 is 1.10 bits per heavy atom. The Kier molecular flexibility index (Phi) is 8.50. The van der Waals surface area contributed by atoms with Gasteiger partial charge in [0, 0.05) is 31.9 Å². The highest BCUT2D eigenvalue weighted by Gasteiger charge is 2.35. The monoisotopic (exact) mass is 428 g/mol. The van der Waals surface area contributed by atoms with E-state index in [9.17, 15) is 9.59 Å². The Morgan fingerprint density at radius 3 is 2.52 bits per heavy atom. The van der Waals surface area contributed by atoms with Crippen molar-refractivity contribution in [1.29, 1.82) is 0 Å². The summed E-state index contributed by atoms with van der Waals surface area (Å²) in [6.07, 6.45) is 4.99. The molecule has 1 aromatic rings. The summed E-state index contributed by atoms with van der Waals surface area (Å²) in [5.41, 5.74) is 3.65. The molecule has 1 heterocycles. The SMILES string of the molecule is CC(C)CN1C[C@@H](C(=O)NCCCN(C)C)C[C@@H](C(=O)Nc2ccc3c(c2)CCC3)C1. The molecule has 0 radical (unpaired) electrons. The molecule has 0 bridgehead atoms. The lowest BCUT2D eigenvalue weighted by atomic mass is 9.87. The number of benzene rings is 1. The number of fused-ring (bicyclic) bond motifs is 1. The van der Waals surface area contributed by atoms with Crippen molar-refractivity contribution >= 4 is 17.5 Å². The number of likely N-dealkylation sites (tertiary alicyclic amines) is 1. The molecule has 6 nitrogen and oxygen atoms in total. The molecule has 2 N–H and O–H groups in total. The Hall–Kier alpha value is -1.92.